The van der Waals surface area contributed by atoms with Crippen molar-refractivity contribution in [2.24, 2.45) is 5.73 Å². The molecule has 5 aromatic rings. The standard InChI is InChI=1S/C21H17N7/c22-11-14-3-6-16(7-4-14)19-12-24-20-21(25-19)28(27-26-20)13-15-5-8-18-17(10-15)2-1-9-23-18/h1-10,12H,11,13,22H2. The molecule has 0 saturated carbocycles. The molecule has 0 spiro atoms. The number of hydrogen-bond donors (Lipinski definition) is 1. The summed E-state index contributed by atoms with van der Waals surface area (Å²) in [5.74, 6) is 0. The van der Waals surface area contributed by atoms with Crippen molar-refractivity contribution in [1.29, 1.82) is 0 Å². The van der Waals surface area contributed by atoms with Gasteiger partial charge >= 0.3 is 0 Å². The summed E-state index contributed by atoms with van der Waals surface area (Å²) in [6.07, 6.45) is 3.52. The summed E-state index contributed by atoms with van der Waals surface area (Å²) in [5.41, 5.74) is 11.8. The maximum absolute atomic E-state index is 5.68. The first kappa shape index (κ1) is 16.5. The molecule has 0 radical (unpaired) electrons. The van der Waals surface area contributed by atoms with Crippen LogP contribution in [0.2, 0.25) is 0 Å². The van der Waals surface area contributed by atoms with Gasteiger partial charge in [-0.15, -0.1) is 5.10 Å². The largest absolute Gasteiger partial charge is 0.326 e. The average molecular weight is 367 g/mol. The zero-order valence-corrected chi connectivity index (χ0v) is 15.0. The van der Waals surface area contributed by atoms with Gasteiger partial charge in [-0.1, -0.05) is 41.6 Å². The van der Waals surface area contributed by atoms with Gasteiger partial charge in [0.1, 0.15) is 0 Å². The molecule has 0 unspecified atom stereocenters. The summed E-state index contributed by atoms with van der Waals surface area (Å²) in [6, 6.07) is 18.2. The van der Waals surface area contributed by atoms with E-state index in [1.165, 1.54) is 0 Å². The molecule has 2 aromatic carbocycles. The van der Waals surface area contributed by atoms with E-state index in [4.69, 9.17) is 10.7 Å². The van der Waals surface area contributed by atoms with Crippen molar-refractivity contribution >= 4 is 22.2 Å². The second-order valence-electron chi connectivity index (χ2n) is 6.58. The molecular formula is C21H17N7. The molecule has 136 valence electrons. The highest BCUT2D eigenvalue weighted by molar-refractivity contribution is 5.79. The summed E-state index contributed by atoms with van der Waals surface area (Å²) in [5, 5.41) is 9.49. The topological polar surface area (TPSA) is 95.4 Å². The lowest BCUT2D eigenvalue weighted by molar-refractivity contribution is 0.664. The maximum Gasteiger partial charge on any atom is 0.221 e. The minimum absolute atomic E-state index is 0.517. The van der Waals surface area contributed by atoms with Crippen molar-refractivity contribution in [3.05, 3.63) is 78.1 Å². The SMILES string of the molecule is NCc1ccc(-c2cnc3nnn(Cc4ccc5ncccc5c4)c3n2)cc1. The molecule has 0 saturated heterocycles. The number of hydrogen-bond acceptors (Lipinski definition) is 6. The van der Waals surface area contributed by atoms with Gasteiger partial charge in [0.15, 0.2) is 5.65 Å². The minimum Gasteiger partial charge on any atom is -0.326 e. The average Bonchev–Trinajstić information content (AvgIpc) is 3.16. The molecule has 3 heterocycles. The Morgan fingerprint density at radius 2 is 1.79 bits per heavy atom. The van der Waals surface area contributed by atoms with Crippen molar-refractivity contribution < 1.29 is 0 Å². The van der Waals surface area contributed by atoms with E-state index < -0.39 is 0 Å². The molecule has 0 aliphatic heterocycles. The summed E-state index contributed by atoms with van der Waals surface area (Å²) in [6.45, 7) is 1.08. The van der Waals surface area contributed by atoms with Gasteiger partial charge in [0.25, 0.3) is 0 Å². The highest BCUT2D eigenvalue weighted by Crippen LogP contribution is 2.20. The van der Waals surface area contributed by atoms with Crippen LogP contribution in [0, 0.1) is 0 Å². The second-order valence-corrected chi connectivity index (χ2v) is 6.58. The van der Waals surface area contributed by atoms with Crippen molar-refractivity contribution in [2.75, 3.05) is 0 Å². The minimum atomic E-state index is 0.517. The number of aromatic nitrogens is 6. The fourth-order valence-corrected chi connectivity index (χ4v) is 3.21. The molecule has 0 bridgehead atoms. The quantitative estimate of drug-likeness (QED) is 0.525. The number of rotatable bonds is 4. The molecule has 0 amide bonds. The molecule has 0 fully saturated rings. The third-order valence-corrected chi connectivity index (χ3v) is 4.71. The fraction of sp³-hybridized carbons (Fsp3) is 0.0952. The van der Waals surface area contributed by atoms with Crippen LogP contribution in [0.5, 0.6) is 0 Å². The lowest BCUT2D eigenvalue weighted by atomic mass is 10.1. The van der Waals surface area contributed by atoms with E-state index in [1.807, 2.05) is 48.5 Å². The number of nitrogens with two attached hydrogens (primary N) is 1. The van der Waals surface area contributed by atoms with E-state index in [0.29, 0.717) is 24.4 Å². The maximum atomic E-state index is 5.68. The highest BCUT2D eigenvalue weighted by atomic mass is 15.4. The molecule has 7 nitrogen and oxygen atoms in total. The Kier molecular flexibility index (Phi) is 3.99. The zero-order chi connectivity index (χ0) is 18.9. The molecule has 0 aliphatic carbocycles. The molecule has 0 atom stereocenters. The predicted molar refractivity (Wildman–Crippen MR) is 107 cm³/mol. The molecule has 5 rings (SSSR count). The molecule has 0 aliphatic rings. The number of pyridine rings is 1. The van der Waals surface area contributed by atoms with Gasteiger partial charge in [-0.25, -0.2) is 14.6 Å². The monoisotopic (exact) mass is 367 g/mol. The van der Waals surface area contributed by atoms with Gasteiger partial charge in [0, 0.05) is 23.7 Å². The smallest absolute Gasteiger partial charge is 0.221 e. The Labute approximate surface area is 160 Å². The first-order valence-corrected chi connectivity index (χ1v) is 8.99. The summed E-state index contributed by atoms with van der Waals surface area (Å²) in [4.78, 5) is 13.5. The predicted octanol–water partition coefficient (Wildman–Crippen LogP) is 2.94. The van der Waals surface area contributed by atoms with Gasteiger partial charge in [-0.3, -0.25) is 4.98 Å². The molecule has 2 N–H and O–H groups in total. The van der Waals surface area contributed by atoms with Crippen molar-refractivity contribution in [1.82, 2.24) is 29.9 Å². The van der Waals surface area contributed by atoms with Gasteiger partial charge in [-0.05, 0) is 29.3 Å². The van der Waals surface area contributed by atoms with Crippen molar-refractivity contribution in [3.63, 3.8) is 0 Å². The molecule has 7 heteroatoms. The zero-order valence-electron chi connectivity index (χ0n) is 15.0. The van der Waals surface area contributed by atoms with Gasteiger partial charge in [0.2, 0.25) is 5.65 Å². The summed E-state index contributed by atoms with van der Waals surface area (Å²) < 4.78 is 1.78. The van der Waals surface area contributed by atoms with Gasteiger partial charge in [0.05, 0.1) is 24.0 Å². The van der Waals surface area contributed by atoms with Crippen LogP contribution in [0.25, 0.3) is 33.5 Å². The van der Waals surface area contributed by atoms with Gasteiger partial charge in [-0.2, -0.15) is 0 Å². The van der Waals surface area contributed by atoms with Crippen LogP contribution in [0.4, 0.5) is 0 Å². The Hall–Kier alpha value is -3.71. The summed E-state index contributed by atoms with van der Waals surface area (Å²) in [7, 11) is 0. The van der Waals surface area contributed by atoms with E-state index in [1.54, 1.807) is 17.1 Å². The first-order valence-electron chi connectivity index (χ1n) is 8.99. The van der Waals surface area contributed by atoms with Crippen LogP contribution in [-0.4, -0.2) is 29.9 Å². The molecule has 3 aromatic heterocycles. The van der Waals surface area contributed by atoms with E-state index in [0.717, 1.165) is 33.3 Å². The first-order chi connectivity index (χ1) is 13.8. The second kappa shape index (κ2) is 6.79. The third-order valence-electron chi connectivity index (χ3n) is 4.71. The normalized spacial score (nSPS) is 11.3. The number of benzene rings is 2. The lowest BCUT2D eigenvalue weighted by Crippen LogP contribution is -2.03. The van der Waals surface area contributed by atoms with Crippen LogP contribution < -0.4 is 5.73 Å². The Morgan fingerprint density at radius 3 is 2.64 bits per heavy atom. The van der Waals surface area contributed by atoms with Crippen LogP contribution in [0.1, 0.15) is 11.1 Å². The van der Waals surface area contributed by atoms with E-state index >= 15 is 0 Å². The van der Waals surface area contributed by atoms with E-state index in [2.05, 4.69) is 26.3 Å². The Bertz CT molecular complexity index is 1280. The number of nitrogens with zero attached hydrogens (tertiary/aromatic N) is 6. The van der Waals surface area contributed by atoms with Crippen molar-refractivity contribution in [3.8, 4) is 11.3 Å². The summed E-state index contributed by atoms with van der Waals surface area (Å²) >= 11 is 0. The van der Waals surface area contributed by atoms with Crippen LogP contribution in [0.3, 0.4) is 0 Å². The van der Waals surface area contributed by atoms with Crippen LogP contribution >= 0.6 is 0 Å². The third kappa shape index (κ3) is 2.97. The molecule has 28 heavy (non-hydrogen) atoms. The highest BCUT2D eigenvalue weighted by Gasteiger charge is 2.11. The fourth-order valence-electron chi connectivity index (χ4n) is 3.21. The Balaban J connectivity index is 1.51. The van der Waals surface area contributed by atoms with Crippen molar-refractivity contribution in [2.45, 2.75) is 13.1 Å². The van der Waals surface area contributed by atoms with Crippen LogP contribution in [-0.2, 0) is 13.1 Å². The Morgan fingerprint density at radius 1 is 0.929 bits per heavy atom. The van der Waals surface area contributed by atoms with E-state index in [9.17, 15) is 0 Å². The molecular weight excluding hydrogens is 350 g/mol. The van der Waals surface area contributed by atoms with Gasteiger partial charge < -0.3 is 5.73 Å². The van der Waals surface area contributed by atoms with Crippen LogP contribution in [0.15, 0.2) is 67.0 Å². The lowest BCUT2D eigenvalue weighted by Gasteiger charge is -2.05. The van der Waals surface area contributed by atoms with E-state index in [-0.39, 0.29) is 0 Å². The number of fused-ring (bicyclic) bond motifs is 2.